The zero-order chi connectivity index (χ0) is 14.3. The van der Waals surface area contributed by atoms with Gasteiger partial charge in [-0.15, -0.1) is 0 Å². The van der Waals surface area contributed by atoms with E-state index < -0.39 is 0 Å². The van der Waals surface area contributed by atoms with Crippen LogP contribution in [0.2, 0.25) is 0 Å². The van der Waals surface area contributed by atoms with Gasteiger partial charge in [0, 0.05) is 11.5 Å². The molecular weight excluding hydrogens is 244 g/mol. The molecule has 108 valence electrons. The number of oxime groups is 1. The number of aryl methyl sites for hydroxylation is 1. The molecule has 4 N–H and O–H groups in total. The Bertz CT molecular complexity index is 413. The van der Waals surface area contributed by atoms with Crippen LogP contribution < -0.4 is 11.1 Å². The van der Waals surface area contributed by atoms with E-state index in [1.807, 2.05) is 26.8 Å². The van der Waals surface area contributed by atoms with Crippen molar-refractivity contribution in [3.05, 3.63) is 17.5 Å². The van der Waals surface area contributed by atoms with Crippen LogP contribution in [0, 0.1) is 12.3 Å². The second-order valence-electron chi connectivity index (χ2n) is 5.44. The lowest BCUT2D eigenvalue weighted by Gasteiger charge is -2.22. The summed E-state index contributed by atoms with van der Waals surface area (Å²) in [4.78, 5) is 0. The van der Waals surface area contributed by atoms with E-state index in [4.69, 9.17) is 15.5 Å². The van der Waals surface area contributed by atoms with Crippen molar-refractivity contribution < 1.29 is 9.73 Å². The van der Waals surface area contributed by atoms with Crippen molar-refractivity contribution in [1.82, 2.24) is 10.5 Å². The average molecular weight is 268 g/mol. The van der Waals surface area contributed by atoms with Gasteiger partial charge >= 0.3 is 0 Å². The number of nitrogens with zero attached hydrogens (tertiary/aromatic N) is 2. The summed E-state index contributed by atoms with van der Waals surface area (Å²) in [5.41, 5.74) is 6.28. The monoisotopic (exact) mass is 268 g/mol. The van der Waals surface area contributed by atoms with Crippen LogP contribution in [0.4, 0.5) is 0 Å². The van der Waals surface area contributed by atoms with Crippen molar-refractivity contribution in [2.24, 2.45) is 16.3 Å². The summed E-state index contributed by atoms with van der Waals surface area (Å²) >= 11 is 0. The minimum Gasteiger partial charge on any atom is -0.409 e. The van der Waals surface area contributed by atoms with Crippen LogP contribution in [0.15, 0.2) is 15.7 Å². The first-order valence-electron chi connectivity index (χ1n) is 6.56. The van der Waals surface area contributed by atoms with Gasteiger partial charge in [0.2, 0.25) is 0 Å². The normalized spacial score (nSPS) is 12.9. The maximum Gasteiger partial charge on any atom is 0.150 e. The summed E-state index contributed by atoms with van der Waals surface area (Å²) < 4.78 is 5.10. The molecule has 0 saturated carbocycles. The Balaban J connectivity index is 2.11. The Labute approximate surface area is 114 Å². The molecule has 0 atom stereocenters. The first-order valence-corrected chi connectivity index (χ1v) is 6.56. The van der Waals surface area contributed by atoms with E-state index in [1.165, 1.54) is 0 Å². The van der Waals surface area contributed by atoms with E-state index in [2.05, 4.69) is 15.6 Å². The third kappa shape index (κ3) is 5.30. The van der Waals surface area contributed by atoms with Crippen molar-refractivity contribution >= 4 is 5.84 Å². The lowest BCUT2D eigenvalue weighted by molar-refractivity contribution is 0.304. The molecule has 0 amide bonds. The summed E-state index contributed by atoms with van der Waals surface area (Å²) in [5.74, 6) is 1.15. The van der Waals surface area contributed by atoms with E-state index in [-0.39, 0.29) is 11.3 Å². The summed E-state index contributed by atoms with van der Waals surface area (Å²) in [7, 11) is 0. The van der Waals surface area contributed by atoms with Crippen molar-refractivity contribution in [3.8, 4) is 0 Å². The first-order chi connectivity index (χ1) is 8.95. The van der Waals surface area contributed by atoms with Crippen molar-refractivity contribution in [2.45, 2.75) is 46.6 Å². The minimum absolute atomic E-state index is 0.253. The number of rotatable bonds is 8. The molecule has 0 aromatic carbocycles. The fraction of sp³-hybridized carbons (Fsp3) is 0.692. The van der Waals surface area contributed by atoms with E-state index >= 15 is 0 Å². The van der Waals surface area contributed by atoms with Gasteiger partial charge < -0.3 is 20.8 Å². The zero-order valence-electron chi connectivity index (χ0n) is 11.9. The number of hydrogen-bond acceptors (Lipinski definition) is 5. The van der Waals surface area contributed by atoms with Crippen LogP contribution in [0.1, 0.15) is 44.6 Å². The topological polar surface area (TPSA) is 96.7 Å². The molecule has 1 aromatic heterocycles. The summed E-state index contributed by atoms with van der Waals surface area (Å²) in [5, 5.41) is 18.9. The minimum atomic E-state index is -0.253. The van der Waals surface area contributed by atoms with Crippen molar-refractivity contribution in [3.63, 3.8) is 0 Å². The van der Waals surface area contributed by atoms with Gasteiger partial charge in [0.05, 0.1) is 12.2 Å². The molecule has 0 saturated heterocycles. The number of aromatic nitrogens is 1. The predicted molar refractivity (Wildman–Crippen MR) is 74.0 cm³/mol. The van der Waals surface area contributed by atoms with Crippen molar-refractivity contribution in [1.29, 1.82) is 0 Å². The van der Waals surface area contributed by atoms with Crippen LogP contribution >= 0.6 is 0 Å². The molecule has 0 aliphatic rings. The van der Waals surface area contributed by atoms with Gasteiger partial charge in [-0.05, 0) is 26.3 Å². The number of hydrogen-bond donors (Lipinski definition) is 3. The molecule has 0 radical (unpaired) electrons. The molecule has 6 nitrogen and oxygen atoms in total. The van der Waals surface area contributed by atoms with E-state index in [0.29, 0.717) is 6.54 Å². The number of nitrogens with two attached hydrogens (primary N) is 1. The number of amidine groups is 1. The maximum atomic E-state index is 8.67. The Morgan fingerprint density at radius 3 is 2.84 bits per heavy atom. The molecule has 1 heterocycles. The Kier molecular flexibility index (Phi) is 5.82. The third-order valence-corrected chi connectivity index (χ3v) is 3.18. The van der Waals surface area contributed by atoms with Gasteiger partial charge in [0.25, 0.3) is 0 Å². The quantitative estimate of drug-likeness (QED) is 0.220. The highest BCUT2D eigenvalue weighted by Crippen LogP contribution is 2.23. The predicted octanol–water partition coefficient (Wildman–Crippen LogP) is 2.02. The average Bonchev–Trinajstić information content (AvgIpc) is 2.78. The van der Waals surface area contributed by atoms with Gasteiger partial charge in [0.15, 0.2) is 5.76 Å². The molecule has 19 heavy (non-hydrogen) atoms. The van der Waals surface area contributed by atoms with Crippen LogP contribution in [-0.2, 0) is 6.54 Å². The second kappa shape index (κ2) is 7.13. The molecular formula is C13H24N4O2. The molecule has 6 heteroatoms. The van der Waals surface area contributed by atoms with Crippen LogP contribution in [0.3, 0.4) is 0 Å². The molecule has 0 fully saturated rings. The van der Waals surface area contributed by atoms with Crippen LogP contribution in [-0.4, -0.2) is 22.7 Å². The van der Waals surface area contributed by atoms with Gasteiger partial charge in [-0.25, -0.2) is 0 Å². The first kappa shape index (κ1) is 15.5. The summed E-state index contributed by atoms with van der Waals surface area (Å²) in [6.07, 6.45) is 2.95. The van der Waals surface area contributed by atoms with Gasteiger partial charge in [-0.3, -0.25) is 0 Å². The Morgan fingerprint density at radius 1 is 1.53 bits per heavy atom. The Hall–Kier alpha value is -1.56. The van der Waals surface area contributed by atoms with Crippen LogP contribution in [0.5, 0.6) is 0 Å². The fourth-order valence-corrected chi connectivity index (χ4v) is 1.79. The highest BCUT2D eigenvalue weighted by molar-refractivity contribution is 5.85. The number of unbranched alkanes of at least 4 members (excludes halogenated alkanes) is 1. The fourth-order valence-electron chi connectivity index (χ4n) is 1.79. The molecule has 0 spiro atoms. The maximum absolute atomic E-state index is 8.67. The van der Waals surface area contributed by atoms with Crippen molar-refractivity contribution in [2.75, 3.05) is 6.54 Å². The lowest BCUT2D eigenvalue weighted by Crippen LogP contribution is -2.32. The zero-order valence-corrected chi connectivity index (χ0v) is 11.9. The smallest absolute Gasteiger partial charge is 0.150 e. The molecule has 0 unspecified atom stereocenters. The highest BCUT2D eigenvalue weighted by atomic mass is 16.5. The standard InChI is InChI=1S/C13H24N4O2/c1-10-8-11(19-17-10)9-15-7-5-4-6-13(2,3)12(14)16-18/h8,15,18H,4-7,9H2,1-3H3,(H2,14,16). The molecule has 0 aliphatic heterocycles. The van der Waals surface area contributed by atoms with Crippen LogP contribution in [0.25, 0.3) is 0 Å². The molecule has 0 aliphatic carbocycles. The second-order valence-corrected chi connectivity index (χ2v) is 5.44. The third-order valence-electron chi connectivity index (χ3n) is 3.18. The SMILES string of the molecule is Cc1cc(CNCCCCC(C)(C)/C(N)=N/O)on1. The molecule has 1 aromatic rings. The Morgan fingerprint density at radius 2 is 2.26 bits per heavy atom. The van der Waals surface area contributed by atoms with Gasteiger partial charge in [-0.1, -0.05) is 30.6 Å². The largest absolute Gasteiger partial charge is 0.409 e. The summed E-state index contributed by atoms with van der Waals surface area (Å²) in [6, 6.07) is 1.93. The highest BCUT2D eigenvalue weighted by Gasteiger charge is 2.22. The van der Waals surface area contributed by atoms with Gasteiger partial charge in [-0.2, -0.15) is 0 Å². The van der Waals surface area contributed by atoms with E-state index in [1.54, 1.807) is 0 Å². The van der Waals surface area contributed by atoms with E-state index in [9.17, 15) is 0 Å². The van der Waals surface area contributed by atoms with Gasteiger partial charge in [0.1, 0.15) is 5.84 Å². The molecule has 1 rings (SSSR count). The number of nitrogens with one attached hydrogen (secondary N) is 1. The summed E-state index contributed by atoms with van der Waals surface area (Å²) in [6.45, 7) is 7.47. The molecule has 0 bridgehead atoms. The van der Waals surface area contributed by atoms with E-state index in [0.717, 1.165) is 37.3 Å². The lowest BCUT2D eigenvalue weighted by atomic mass is 9.86.